The van der Waals surface area contributed by atoms with E-state index in [-0.39, 0.29) is 5.91 Å². The van der Waals surface area contributed by atoms with Gasteiger partial charge in [0.25, 0.3) is 0 Å². The molecule has 1 amide bonds. The van der Waals surface area contributed by atoms with Gasteiger partial charge in [-0.15, -0.1) is 10.2 Å². The van der Waals surface area contributed by atoms with Gasteiger partial charge in [-0.3, -0.25) is 9.36 Å². The molecule has 0 saturated carbocycles. The van der Waals surface area contributed by atoms with Crippen LogP contribution in [-0.4, -0.2) is 33.0 Å². The van der Waals surface area contributed by atoms with Gasteiger partial charge in [0.1, 0.15) is 0 Å². The average Bonchev–Trinajstić information content (AvgIpc) is 3.13. The van der Waals surface area contributed by atoms with Crippen molar-refractivity contribution in [1.29, 1.82) is 0 Å². The summed E-state index contributed by atoms with van der Waals surface area (Å²) < 4.78 is 2.00. The summed E-state index contributed by atoms with van der Waals surface area (Å²) in [7, 11) is 0. The lowest BCUT2D eigenvalue weighted by Gasteiger charge is -2.12. The van der Waals surface area contributed by atoms with Crippen LogP contribution in [0.5, 0.6) is 0 Å². The molecule has 1 heterocycles. The zero-order valence-electron chi connectivity index (χ0n) is 16.9. The molecule has 3 rings (SSSR count). The lowest BCUT2D eigenvalue weighted by Crippen LogP contribution is -2.26. The molecule has 0 saturated heterocycles. The van der Waals surface area contributed by atoms with Crippen LogP contribution < -0.4 is 5.32 Å². The Morgan fingerprint density at radius 1 is 1.10 bits per heavy atom. The largest absolute Gasteiger partial charge is 0.355 e. The van der Waals surface area contributed by atoms with E-state index in [9.17, 15) is 4.79 Å². The van der Waals surface area contributed by atoms with Gasteiger partial charge in [0.15, 0.2) is 11.0 Å². The highest BCUT2D eigenvalue weighted by atomic mass is 35.5. The van der Waals surface area contributed by atoms with Crippen LogP contribution in [0.4, 0.5) is 0 Å². The van der Waals surface area contributed by atoms with Crippen molar-refractivity contribution in [3.05, 3.63) is 58.6 Å². The molecule has 0 unspecified atom stereocenters. The number of carbonyl (C=O) groups is 1. The molecular formula is C22H25ClN4OS. The monoisotopic (exact) mass is 428 g/mol. The summed E-state index contributed by atoms with van der Waals surface area (Å²) in [6, 6.07) is 13.8. The number of hydrogen-bond acceptors (Lipinski definition) is 4. The topological polar surface area (TPSA) is 59.8 Å². The van der Waals surface area contributed by atoms with Gasteiger partial charge in [0, 0.05) is 17.1 Å². The minimum atomic E-state index is 0.00568. The van der Waals surface area contributed by atoms with Gasteiger partial charge in [0.05, 0.1) is 11.4 Å². The first-order chi connectivity index (χ1) is 14.0. The number of nitrogens with one attached hydrogen (secondary N) is 1. The Morgan fingerprint density at radius 2 is 1.86 bits per heavy atom. The van der Waals surface area contributed by atoms with Crippen molar-refractivity contribution in [3.8, 4) is 17.1 Å². The molecule has 5 nitrogen and oxygen atoms in total. The summed E-state index contributed by atoms with van der Waals surface area (Å²) in [6.45, 7) is 6.97. The molecule has 0 fully saturated rings. The zero-order chi connectivity index (χ0) is 20.8. The van der Waals surface area contributed by atoms with Crippen LogP contribution in [0.25, 0.3) is 17.1 Å². The van der Waals surface area contributed by atoms with Crippen LogP contribution in [0, 0.1) is 13.8 Å². The normalized spacial score (nSPS) is 10.9. The number of halogens is 1. The molecule has 0 aliphatic heterocycles. The Hall–Kier alpha value is -2.31. The van der Waals surface area contributed by atoms with Crippen molar-refractivity contribution in [2.75, 3.05) is 12.3 Å². The molecule has 0 aliphatic rings. The number of unbranched alkanes of at least 4 members (excludes halogenated alkanes) is 1. The number of carbonyl (C=O) groups excluding carboxylic acids is 1. The molecule has 0 bridgehead atoms. The Labute approximate surface area is 180 Å². The van der Waals surface area contributed by atoms with Crippen LogP contribution in [-0.2, 0) is 4.79 Å². The van der Waals surface area contributed by atoms with Crippen LogP contribution in [0.15, 0.2) is 47.6 Å². The molecule has 0 spiro atoms. The van der Waals surface area contributed by atoms with Gasteiger partial charge in [-0.1, -0.05) is 42.8 Å². The Morgan fingerprint density at radius 3 is 2.55 bits per heavy atom. The molecule has 0 aliphatic carbocycles. The van der Waals surface area contributed by atoms with E-state index >= 15 is 0 Å². The zero-order valence-corrected chi connectivity index (χ0v) is 18.5. The number of benzene rings is 2. The predicted molar refractivity (Wildman–Crippen MR) is 120 cm³/mol. The van der Waals surface area contributed by atoms with E-state index < -0.39 is 0 Å². The second-order valence-electron chi connectivity index (χ2n) is 6.91. The van der Waals surface area contributed by atoms with E-state index in [1.165, 1.54) is 22.9 Å². The third kappa shape index (κ3) is 5.40. The quantitative estimate of drug-likeness (QED) is 0.395. The second kappa shape index (κ2) is 9.94. The Kier molecular flexibility index (Phi) is 7.34. The summed E-state index contributed by atoms with van der Waals surface area (Å²) in [6.07, 6.45) is 2.04. The minimum Gasteiger partial charge on any atom is -0.355 e. The third-order valence-electron chi connectivity index (χ3n) is 4.67. The minimum absolute atomic E-state index is 0.00568. The number of amides is 1. The summed E-state index contributed by atoms with van der Waals surface area (Å²) in [5.74, 6) is 1.03. The highest BCUT2D eigenvalue weighted by Crippen LogP contribution is 2.29. The SMILES string of the molecule is CCCCNC(=O)CSc1nnc(-c2ccc(Cl)cc2)n1-c1ccc(C)c(C)c1. The van der Waals surface area contributed by atoms with Gasteiger partial charge in [-0.2, -0.15) is 0 Å². The van der Waals surface area contributed by atoms with E-state index in [0.717, 1.165) is 29.9 Å². The van der Waals surface area contributed by atoms with Crippen LogP contribution in [0.2, 0.25) is 5.02 Å². The lowest BCUT2D eigenvalue weighted by atomic mass is 10.1. The highest BCUT2D eigenvalue weighted by molar-refractivity contribution is 7.99. The lowest BCUT2D eigenvalue weighted by molar-refractivity contribution is -0.118. The molecule has 29 heavy (non-hydrogen) atoms. The molecule has 7 heteroatoms. The van der Waals surface area contributed by atoms with Crippen molar-refractivity contribution in [2.24, 2.45) is 0 Å². The van der Waals surface area contributed by atoms with E-state index in [4.69, 9.17) is 11.6 Å². The third-order valence-corrected chi connectivity index (χ3v) is 5.85. The van der Waals surface area contributed by atoms with Crippen molar-refractivity contribution >= 4 is 29.3 Å². The van der Waals surface area contributed by atoms with Gasteiger partial charge < -0.3 is 5.32 Å². The van der Waals surface area contributed by atoms with Crippen LogP contribution >= 0.6 is 23.4 Å². The Balaban J connectivity index is 1.93. The highest BCUT2D eigenvalue weighted by Gasteiger charge is 2.17. The van der Waals surface area contributed by atoms with Gasteiger partial charge in [0.2, 0.25) is 5.91 Å². The van der Waals surface area contributed by atoms with Crippen molar-refractivity contribution in [3.63, 3.8) is 0 Å². The number of thioether (sulfide) groups is 1. The van der Waals surface area contributed by atoms with Crippen LogP contribution in [0.3, 0.4) is 0 Å². The number of aryl methyl sites for hydroxylation is 2. The van der Waals surface area contributed by atoms with Crippen LogP contribution in [0.1, 0.15) is 30.9 Å². The summed E-state index contributed by atoms with van der Waals surface area (Å²) in [4.78, 5) is 12.1. The molecule has 1 aromatic heterocycles. The smallest absolute Gasteiger partial charge is 0.230 e. The molecule has 0 radical (unpaired) electrons. The van der Waals surface area contributed by atoms with Crippen molar-refractivity contribution < 1.29 is 4.79 Å². The van der Waals surface area contributed by atoms with E-state index in [1.54, 1.807) is 0 Å². The average molecular weight is 429 g/mol. The predicted octanol–water partition coefficient (Wildman–Crippen LogP) is 5.21. The summed E-state index contributed by atoms with van der Waals surface area (Å²) in [5, 5.41) is 13.1. The number of hydrogen-bond donors (Lipinski definition) is 1. The fourth-order valence-electron chi connectivity index (χ4n) is 2.83. The maximum absolute atomic E-state index is 12.1. The molecule has 0 atom stereocenters. The molecular weight excluding hydrogens is 404 g/mol. The van der Waals surface area contributed by atoms with E-state index in [1.807, 2.05) is 28.8 Å². The number of aromatic nitrogens is 3. The van der Waals surface area contributed by atoms with Crippen molar-refractivity contribution in [1.82, 2.24) is 20.1 Å². The first kappa shape index (κ1) is 21.4. The summed E-state index contributed by atoms with van der Waals surface area (Å²) in [5.41, 5.74) is 4.29. The first-order valence-electron chi connectivity index (χ1n) is 9.68. The molecule has 3 aromatic rings. The maximum Gasteiger partial charge on any atom is 0.230 e. The fourth-order valence-corrected chi connectivity index (χ4v) is 3.74. The number of rotatable bonds is 8. The second-order valence-corrected chi connectivity index (χ2v) is 8.29. The number of nitrogens with zero attached hydrogens (tertiary/aromatic N) is 3. The fraction of sp³-hybridized carbons (Fsp3) is 0.318. The first-order valence-corrected chi connectivity index (χ1v) is 11.0. The van der Waals surface area contributed by atoms with Crippen molar-refractivity contribution in [2.45, 2.75) is 38.8 Å². The standard InChI is InChI=1S/C22H25ClN4OS/c1-4-5-12-24-20(28)14-29-22-26-25-21(17-7-9-18(23)10-8-17)27(22)19-11-6-15(2)16(3)13-19/h6-11,13H,4-5,12,14H2,1-3H3,(H,24,28). The molecule has 152 valence electrons. The van der Waals surface area contributed by atoms with Gasteiger partial charge in [-0.05, 0) is 67.8 Å². The maximum atomic E-state index is 12.1. The van der Waals surface area contributed by atoms with E-state index in [2.05, 4.69) is 54.5 Å². The van der Waals surface area contributed by atoms with E-state index in [0.29, 0.717) is 22.5 Å². The molecule has 1 N–H and O–H groups in total. The van der Waals surface area contributed by atoms with Gasteiger partial charge >= 0.3 is 0 Å². The Bertz CT molecular complexity index is 985. The molecule has 2 aromatic carbocycles. The van der Waals surface area contributed by atoms with Gasteiger partial charge in [-0.25, -0.2) is 0 Å². The summed E-state index contributed by atoms with van der Waals surface area (Å²) >= 11 is 7.43.